The third kappa shape index (κ3) is 319. The van der Waals surface area contributed by atoms with Gasteiger partial charge in [0.2, 0.25) is 11.8 Å². The van der Waals surface area contributed by atoms with E-state index in [1.54, 1.807) is 21.0 Å². The first-order valence-electron chi connectivity index (χ1n) is 7.79. The van der Waals surface area contributed by atoms with Crippen molar-refractivity contribution in [3.05, 3.63) is 0 Å². The molecule has 0 rings (SSSR count). The van der Waals surface area contributed by atoms with E-state index in [1.165, 1.54) is 13.8 Å². The molecule has 0 aliphatic rings. The van der Waals surface area contributed by atoms with E-state index in [4.69, 9.17) is 0 Å². The quantitative estimate of drug-likeness (QED) is 0.554. The Morgan fingerprint density at radius 2 is 0.679 bits per heavy atom. The van der Waals surface area contributed by atoms with Crippen molar-refractivity contribution in [3.63, 3.8) is 0 Å². The van der Waals surface area contributed by atoms with Gasteiger partial charge in [0.05, 0.1) is 0 Å². The van der Waals surface area contributed by atoms with Gasteiger partial charge >= 0.3 is 0 Å². The van der Waals surface area contributed by atoms with Crippen LogP contribution < -0.4 is 21.3 Å². The van der Waals surface area contributed by atoms with Crippen LogP contribution in [-0.4, -0.2) is 58.9 Å². The van der Waals surface area contributed by atoms with E-state index in [-0.39, 0.29) is 54.7 Å². The summed E-state index contributed by atoms with van der Waals surface area (Å²) in [6, 6.07) is 0. The molecule has 0 heterocycles. The minimum atomic E-state index is 0. The molecular weight excluding hydrogens is 356 g/mol. The Kier molecular flexibility index (Phi) is 164. The van der Waals surface area contributed by atoms with Crippen LogP contribution in [0.5, 0.6) is 0 Å². The van der Waals surface area contributed by atoms with Gasteiger partial charge in [-0.25, -0.2) is 0 Å². The van der Waals surface area contributed by atoms with Crippen molar-refractivity contribution in [1.82, 2.24) is 21.3 Å². The van der Waals surface area contributed by atoms with Gasteiger partial charge in [-0.2, -0.15) is 0 Å². The summed E-state index contributed by atoms with van der Waals surface area (Å²) < 4.78 is 0. The maximum Gasteiger partial charge on any atom is 0.216 e. The molecular formula is C21H60N4O3. The lowest BCUT2D eigenvalue weighted by Gasteiger charge is -1.80. The minimum Gasteiger partial charge on any atom is -0.359 e. The molecule has 0 aliphatic heterocycles. The number of rotatable bonds is 3. The zero-order chi connectivity index (χ0) is 19.7. The van der Waals surface area contributed by atoms with Crippen LogP contribution in [0, 0.1) is 0 Å². The monoisotopic (exact) mass is 416 g/mol. The van der Waals surface area contributed by atoms with Gasteiger partial charge in [-0.05, 0) is 34.1 Å². The summed E-state index contributed by atoms with van der Waals surface area (Å²) in [6.45, 7) is 12.7. The maximum atomic E-state index is 9.81. The Bertz CT molecular complexity index is 209. The van der Waals surface area contributed by atoms with Crippen LogP contribution in [0.1, 0.15) is 85.1 Å². The SMILES string of the molecule is C.C.C.C.C.CCC(C)=O.CCNC.CCNC.CNC(C)=O.CNC(C)=O. The van der Waals surface area contributed by atoms with Gasteiger partial charge in [0.1, 0.15) is 5.78 Å². The van der Waals surface area contributed by atoms with Gasteiger partial charge < -0.3 is 26.1 Å². The summed E-state index contributed by atoms with van der Waals surface area (Å²) in [5.74, 6) is 0.264. The second-order valence-corrected chi connectivity index (χ2v) is 4.08. The van der Waals surface area contributed by atoms with Crippen LogP contribution in [0.3, 0.4) is 0 Å². The Morgan fingerprint density at radius 1 is 0.571 bits per heavy atom. The lowest BCUT2D eigenvalue weighted by Crippen LogP contribution is -2.11. The highest BCUT2D eigenvalue weighted by Gasteiger charge is 1.77. The molecule has 28 heavy (non-hydrogen) atoms. The third-order valence-corrected chi connectivity index (χ3v) is 1.91. The maximum absolute atomic E-state index is 9.81. The number of hydrogen-bond acceptors (Lipinski definition) is 5. The number of nitrogens with one attached hydrogen (secondary N) is 4. The van der Waals surface area contributed by atoms with Gasteiger partial charge in [-0.1, -0.05) is 57.9 Å². The van der Waals surface area contributed by atoms with E-state index in [1.807, 2.05) is 21.0 Å². The summed E-state index contributed by atoms with van der Waals surface area (Å²) >= 11 is 0. The number of carbonyl (C=O) groups excluding carboxylic acids is 3. The molecule has 7 nitrogen and oxygen atoms in total. The van der Waals surface area contributed by atoms with Gasteiger partial charge in [0.15, 0.2) is 0 Å². The summed E-state index contributed by atoms with van der Waals surface area (Å²) in [5, 5.41) is 10.6. The van der Waals surface area contributed by atoms with E-state index >= 15 is 0 Å². The Balaban J connectivity index is -0.0000000174. The van der Waals surface area contributed by atoms with Gasteiger partial charge in [-0.3, -0.25) is 9.59 Å². The number of hydrogen-bond donors (Lipinski definition) is 4. The first-order chi connectivity index (χ1) is 10.6. The molecule has 0 radical (unpaired) electrons. The second kappa shape index (κ2) is 72.8. The van der Waals surface area contributed by atoms with Crippen LogP contribution in [0.25, 0.3) is 0 Å². The highest BCUT2D eigenvalue weighted by molar-refractivity contribution is 5.74. The standard InChI is InChI=1S/C4H8O.2C3H7NO.2C3H9N.5CH4/c1-3-4(2)5;2*1-3(5)4-2;2*1-3-4-2;;;;;/h3H2,1-2H3;2*1-2H3,(H,4,5);2*4H,3H2,1-2H3;5*1H4. The normalized spacial score (nSPS) is 5.93. The highest BCUT2D eigenvalue weighted by atomic mass is 16.2. The van der Waals surface area contributed by atoms with Gasteiger partial charge in [0, 0.05) is 34.4 Å². The molecule has 182 valence electrons. The van der Waals surface area contributed by atoms with Crippen molar-refractivity contribution in [2.75, 3.05) is 41.3 Å². The molecule has 0 saturated heterocycles. The molecule has 0 bridgehead atoms. The lowest BCUT2D eigenvalue weighted by atomic mass is 10.4. The molecule has 0 aromatic carbocycles. The van der Waals surface area contributed by atoms with E-state index < -0.39 is 0 Å². The van der Waals surface area contributed by atoms with Crippen LogP contribution in [-0.2, 0) is 14.4 Å². The van der Waals surface area contributed by atoms with Crippen LogP contribution in [0.15, 0.2) is 0 Å². The predicted molar refractivity (Wildman–Crippen MR) is 133 cm³/mol. The molecule has 7 heteroatoms. The Labute approximate surface area is 180 Å². The molecule has 0 atom stereocenters. The first-order valence-corrected chi connectivity index (χ1v) is 7.79. The zero-order valence-electron chi connectivity index (χ0n) is 16.8. The van der Waals surface area contributed by atoms with Crippen molar-refractivity contribution >= 4 is 17.6 Å². The zero-order valence-corrected chi connectivity index (χ0v) is 16.8. The second-order valence-electron chi connectivity index (χ2n) is 4.08. The summed E-state index contributed by atoms with van der Waals surface area (Å²) in [5.41, 5.74) is 0. The molecule has 0 spiro atoms. The van der Waals surface area contributed by atoms with Crippen LogP contribution in [0.4, 0.5) is 0 Å². The third-order valence-electron chi connectivity index (χ3n) is 1.91. The summed E-state index contributed by atoms with van der Waals surface area (Å²) in [4.78, 5) is 29.2. The van der Waals surface area contributed by atoms with Crippen molar-refractivity contribution in [2.45, 2.75) is 85.1 Å². The minimum absolute atomic E-state index is 0. The number of ketones is 1. The number of amides is 2. The molecule has 0 aromatic heterocycles. The van der Waals surface area contributed by atoms with Gasteiger partial charge in [-0.15, -0.1) is 0 Å². The fraction of sp³-hybridized carbons (Fsp3) is 0.857. The van der Waals surface area contributed by atoms with Crippen LogP contribution >= 0.6 is 0 Å². The fourth-order valence-corrected chi connectivity index (χ4v) is 0. The summed E-state index contributed by atoms with van der Waals surface area (Å²) in [6.07, 6.45) is 0.667. The fourth-order valence-electron chi connectivity index (χ4n) is 0. The van der Waals surface area contributed by atoms with E-state index in [0.29, 0.717) is 6.42 Å². The highest BCUT2D eigenvalue weighted by Crippen LogP contribution is 1.71. The van der Waals surface area contributed by atoms with Gasteiger partial charge in [0.25, 0.3) is 0 Å². The largest absolute Gasteiger partial charge is 0.359 e. The van der Waals surface area contributed by atoms with Crippen molar-refractivity contribution < 1.29 is 14.4 Å². The molecule has 0 aromatic rings. The molecule has 0 unspecified atom stereocenters. The van der Waals surface area contributed by atoms with Crippen molar-refractivity contribution in [3.8, 4) is 0 Å². The van der Waals surface area contributed by atoms with Crippen LogP contribution in [0.2, 0.25) is 0 Å². The Morgan fingerprint density at radius 3 is 0.679 bits per heavy atom. The summed E-state index contributed by atoms with van der Waals surface area (Å²) in [7, 11) is 7.06. The Hall–Kier alpha value is -1.47. The average Bonchev–Trinajstić information content (AvgIpc) is 2.56. The lowest BCUT2D eigenvalue weighted by molar-refractivity contribution is -0.119. The molecule has 0 aliphatic carbocycles. The molecule has 0 fully saturated rings. The first kappa shape index (κ1) is 63.3. The molecule has 0 saturated carbocycles. The smallest absolute Gasteiger partial charge is 0.216 e. The number of carbonyl (C=O) groups is 3. The van der Waals surface area contributed by atoms with Crippen molar-refractivity contribution in [1.29, 1.82) is 0 Å². The van der Waals surface area contributed by atoms with E-state index in [2.05, 4.69) is 35.1 Å². The van der Waals surface area contributed by atoms with Crippen molar-refractivity contribution in [2.24, 2.45) is 0 Å². The molecule has 2 amide bonds. The van der Waals surface area contributed by atoms with E-state index in [0.717, 1.165) is 13.1 Å². The topological polar surface area (TPSA) is 99.3 Å². The average molecular weight is 417 g/mol. The molecule has 4 N–H and O–H groups in total. The van der Waals surface area contributed by atoms with E-state index in [9.17, 15) is 14.4 Å². The number of Topliss-reactive ketones (excluding diaryl/α,β-unsaturated/α-hetero) is 1. The predicted octanol–water partition coefficient (Wildman–Crippen LogP) is 4.12.